The zero-order chi connectivity index (χ0) is 12.8. The van der Waals surface area contributed by atoms with Gasteiger partial charge in [-0.1, -0.05) is 25.9 Å². The standard InChI is InChI=1S/C12H19NO4/c1-11(2,3)9-8-7(14)5-6-12(8,17-13-9)10(15)16-4/h7-8,14H,5-6H2,1-4H3. The van der Waals surface area contributed by atoms with E-state index >= 15 is 0 Å². The highest BCUT2D eigenvalue weighted by atomic mass is 16.7. The van der Waals surface area contributed by atoms with E-state index in [-0.39, 0.29) is 11.3 Å². The molecule has 1 N–H and O–H groups in total. The predicted octanol–water partition coefficient (Wildman–Crippen LogP) is 1.10. The van der Waals surface area contributed by atoms with E-state index in [1.807, 2.05) is 20.8 Å². The van der Waals surface area contributed by atoms with Crippen molar-refractivity contribution in [2.45, 2.75) is 45.3 Å². The molecule has 0 aromatic heterocycles. The van der Waals surface area contributed by atoms with Gasteiger partial charge in [-0.3, -0.25) is 0 Å². The van der Waals surface area contributed by atoms with E-state index in [0.717, 1.165) is 5.71 Å². The van der Waals surface area contributed by atoms with E-state index in [2.05, 4.69) is 5.16 Å². The molecule has 2 rings (SSSR count). The van der Waals surface area contributed by atoms with Gasteiger partial charge in [0.2, 0.25) is 5.60 Å². The highest BCUT2D eigenvalue weighted by Gasteiger charge is 2.63. The molecule has 5 heteroatoms. The fraction of sp³-hybridized carbons (Fsp3) is 0.833. The van der Waals surface area contributed by atoms with Gasteiger partial charge in [0.15, 0.2) is 0 Å². The Hall–Kier alpha value is -1.10. The molecule has 1 aliphatic carbocycles. The normalized spacial score (nSPS) is 36.2. The molecule has 0 amide bonds. The Kier molecular flexibility index (Phi) is 2.69. The van der Waals surface area contributed by atoms with Gasteiger partial charge < -0.3 is 14.7 Å². The number of hydrogen-bond acceptors (Lipinski definition) is 5. The van der Waals surface area contributed by atoms with E-state index in [4.69, 9.17) is 9.57 Å². The molecule has 0 radical (unpaired) electrons. The summed E-state index contributed by atoms with van der Waals surface area (Å²) in [5.41, 5.74) is -0.587. The number of esters is 1. The van der Waals surface area contributed by atoms with Crippen LogP contribution in [-0.4, -0.2) is 35.6 Å². The molecule has 5 nitrogen and oxygen atoms in total. The van der Waals surface area contributed by atoms with Crippen molar-refractivity contribution in [1.82, 2.24) is 0 Å². The SMILES string of the molecule is COC(=O)C12CCC(O)C1C(C(C)(C)C)=NO2. The fourth-order valence-electron chi connectivity index (χ4n) is 2.73. The number of oxime groups is 1. The molecule has 0 bridgehead atoms. The van der Waals surface area contributed by atoms with E-state index in [9.17, 15) is 9.90 Å². The number of fused-ring (bicyclic) bond motifs is 1. The van der Waals surface area contributed by atoms with Crippen molar-refractivity contribution in [2.24, 2.45) is 16.5 Å². The maximum absolute atomic E-state index is 11.9. The second-order valence-corrected chi connectivity index (χ2v) is 5.78. The van der Waals surface area contributed by atoms with Crippen LogP contribution < -0.4 is 0 Å². The summed E-state index contributed by atoms with van der Waals surface area (Å²) in [6.07, 6.45) is 0.401. The first-order chi connectivity index (χ1) is 7.83. The molecule has 1 fully saturated rings. The number of methoxy groups -OCH3 is 1. The van der Waals surface area contributed by atoms with Gasteiger partial charge in [0, 0.05) is 11.8 Å². The highest BCUT2D eigenvalue weighted by molar-refractivity contribution is 5.99. The van der Waals surface area contributed by atoms with E-state index in [0.29, 0.717) is 12.8 Å². The van der Waals surface area contributed by atoms with Crippen molar-refractivity contribution in [2.75, 3.05) is 7.11 Å². The van der Waals surface area contributed by atoms with E-state index < -0.39 is 17.7 Å². The zero-order valence-electron chi connectivity index (χ0n) is 10.7. The largest absolute Gasteiger partial charge is 0.466 e. The van der Waals surface area contributed by atoms with Crippen LogP contribution in [0.1, 0.15) is 33.6 Å². The first-order valence-corrected chi connectivity index (χ1v) is 5.86. The zero-order valence-corrected chi connectivity index (χ0v) is 10.7. The summed E-state index contributed by atoms with van der Waals surface area (Å²) in [5.74, 6) is -0.822. The molecule has 1 aliphatic heterocycles. The summed E-state index contributed by atoms with van der Waals surface area (Å²) < 4.78 is 4.80. The third-order valence-corrected chi connectivity index (χ3v) is 3.60. The van der Waals surface area contributed by atoms with Crippen molar-refractivity contribution in [3.8, 4) is 0 Å². The maximum Gasteiger partial charge on any atom is 0.353 e. The van der Waals surface area contributed by atoms with Gasteiger partial charge in [-0.05, 0) is 6.42 Å². The smallest absolute Gasteiger partial charge is 0.353 e. The van der Waals surface area contributed by atoms with Gasteiger partial charge in [0.25, 0.3) is 0 Å². The lowest BCUT2D eigenvalue weighted by Gasteiger charge is -2.28. The molecule has 1 saturated carbocycles. The summed E-state index contributed by atoms with van der Waals surface area (Å²) in [4.78, 5) is 17.3. The third-order valence-electron chi connectivity index (χ3n) is 3.60. The number of rotatable bonds is 1. The fourth-order valence-corrected chi connectivity index (χ4v) is 2.73. The lowest BCUT2D eigenvalue weighted by atomic mass is 9.76. The molecule has 0 saturated heterocycles. The molecule has 1 heterocycles. The quantitative estimate of drug-likeness (QED) is 0.698. The first kappa shape index (κ1) is 12.4. The Morgan fingerprint density at radius 1 is 1.59 bits per heavy atom. The predicted molar refractivity (Wildman–Crippen MR) is 61.5 cm³/mol. The average molecular weight is 241 g/mol. The lowest BCUT2D eigenvalue weighted by Crippen LogP contribution is -2.48. The van der Waals surface area contributed by atoms with Crippen LogP contribution in [-0.2, 0) is 14.4 Å². The van der Waals surface area contributed by atoms with Crippen LogP contribution in [0.4, 0.5) is 0 Å². The molecular weight excluding hydrogens is 222 g/mol. The molecule has 96 valence electrons. The molecule has 3 unspecified atom stereocenters. The Labute approximate surface area is 101 Å². The Morgan fingerprint density at radius 3 is 2.76 bits per heavy atom. The second-order valence-electron chi connectivity index (χ2n) is 5.78. The summed E-state index contributed by atoms with van der Waals surface area (Å²) in [5, 5.41) is 14.1. The topological polar surface area (TPSA) is 68.1 Å². The van der Waals surface area contributed by atoms with Crippen molar-refractivity contribution in [1.29, 1.82) is 0 Å². The summed E-state index contributed by atoms with van der Waals surface area (Å²) in [6.45, 7) is 5.98. The van der Waals surface area contributed by atoms with Gasteiger partial charge in [-0.2, -0.15) is 0 Å². The van der Waals surface area contributed by atoms with Gasteiger partial charge in [-0.15, -0.1) is 0 Å². The minimum absolute atomic E-state index is 0.230. The Morgan fingerprint density at radius 2 is 2.24 bits per heavy atom. The molecule has 0 aromatic carbocycles. The lowest BCUT2D eigenvalue weighted by molar-refractivity contribution is -0.169. The van der Waals surface area contributed by atoms with Crippen molar-refractivity contribution in [3.63, 3.8) is 0 Å². The summed E-state index contributed by atoms with van der Waals surface area (Å²) in [7, 11) is 1.33. The van der Waals surface area contributed by atoms with Crippen molar-refractivity contribution >= 4 is 11.7 Å². The third kappa shape index (κ3) is 1.64. The molecule has 0 spiro atoms. The number of carbonyl (C=O) groups excluding carboxylic acids is 1. The monoisotopic (exact) mass is 241 g/mol. The number of ether oxygens (including phenoxy) is 1. The first-order valence-electron chi connectivity index (χ1n) is 5.86. The number of hydrogen-bond donors (Lipinski definition) is 1. The van der Waals surface area contributed by atoms with Gasteiger partial charge in [-0.25, -0.2) is 4.79 Å². The van der Waals surface area contributed by atoms with Gasteiger partial charge in [0.1, 0.15) is 0 Å². The molecule has 0 aromatic rings. The van der Waals surface area contributed by atoms with Crippen LogP contribution in [0.15, 0.2) is 5.16 Å². The van der Waals surface area contributed by atoms with Gasteiger partial charge in [0.05, 0.1) is 24.8 Å². The van der Waals surface area contributed by atoms with Gasteiger partial charge >= 0.3 is 5.97 Å². The van der Waals surface area contributed by atoms with Crippen LogP contribution in [0.25, 0.3) is 0 Å². The molecule has 3 atom stereocenters. The molecule has 17 heavy (non-hydrogen) atoms. The number of aliphatic hydroxyl groups is 1. The minimum atomic E-state index is -1.10. The average Bonchev–Trinajstić information content (AvgIpc) is 2.76. The minimum Gasteiger partial charge on any atom is -0.466 e. The van der Waals surface area contributed by atoms with Crippen LogP contribution >= 0.6 is 0 Å². The molecule has 2 aliphatic rings. The molecular formula is C12H19NO4. The van der Waals surface area contributed by atoms with Crippen LogP contribution in [0, 0.1) is 11.3 Å². The maximum atomic E-state index is 11.9. The van der Waals surface area contributed by atoms with Crippen LogP contribution in [0.5, 0.6) is 0 Å². The van der Waals surface area contributed by atoms with Crippen LogP contribution in [0.3, 0.4) is 0 Å². The van der Waals surface area contributed by atoms with Crippen molar-refractivity contribution in [3.05, 3.63) is 0 Å². The number of carbonyl (C=O) groups is 1. The van der Waals surface area contributed by atoms with E-state index in [1.165, 1.54) is 7.11 Å². The Balaban J connectivity index is 2.38. The highest BCUT2D eigenvalue weighted by Crippen LogP contribution is 2.48. The number of aliphatic hydroxyl groups excluding tert-OH is 1. The summed E-state index contributed by atoms with van der Waals surface area (Å²) >= 11 is 0. The van der Waals surface area contributed by atoms with Crippen molar-refractivity contribution < 1.29 is 19.5 Å². The second kappa shape index (κ2) is 3.70. The summed E-state index contributed by atoms with van der Waals surface area (Å²) in [6, 6.07) is 0. The van der Waals surface area contributed by atoms with Crippen LogP contribution in [0.2, 0.25) is 0 Å². The van der Waals surface area contributed by atoms with E-state index in [1.54, 1.807) is 0 Å². The number of nitrogens with zero attached hydrogens (tertiary/aromatic N) is 1. The Bertz CT molecular complexity index is 371.